The lowest BCUT2D eigenvalue weighted by Crippen LogP contribution is -2.50. The van der Waals surface area contributed by atoms with Crippen LogP contribution in [0.3, 0.4) is 0 Å². The summed E-state index contributed by atoms with van der Waals surface area (Å²) in [5.74, 6) is 0.152. The zero-order valence-corrected chi connectivity index (χ0v) is 12.3. The highest BCUT2D eigenvalue weighted by molar-refractivity contribution is 5.31. The molecule has 0 saturated heterocycles. The van der Waals surface area contributed by atoms with E-state index >= 15 is 0 Å². The van der Waals surface area contributed by atoms with Gasteiger partial charge >= 0.3 is 0 Å². The summed E-state index contributed by atoms with van der Waals surface area (Å²) in [6, 6.07) is 0. The van der Waals surface area contributed by atoms with Gasteiger partial charge in [0.1, 0.15) is 0 Å². The molecule has 0 aromatic carbocycles. The standard InChI is InChI=1S/C16H28O2/c1-11-6-5-7-15(3)8-9-16(4,12(2)10-17)14(18)13(11)15/h12,14,17-18H,5-10H2,1-4H3/t12-,14-,15+,16?/m0/s1. The van der Waals surface area contributed by atoms with E-state index in [2.05, 4.69) is 27.7 Å². The first-order chi connectivity index (χ1) is 8.35. The summed E-state index contributed by atoms with van der Waals surface area (Å²) in [6.45, 7) is 8.87. The third kappa shape index (κ3) is 1.94. The molecule has 0 spiro atoms. The van der Waals surface area contributed by atoms with Crippen LogP contribution in [0.2, 0.25) is 0 Å². The van der Waals surface area contributed by atoms with Crippen LogP contribution in [0.5, 0.6) is 0 Å². The summed E-state index contributed by atoms with van der Waals surface area (Å²) in [5, 5.41) is 20.4. The van der Waals surface area contributed by atoms with Crippen LogP contribution in [0.25, 0.3) is 0 Å². The summed E-state index contributed by atoms with van der Waals surface area (Å²) in [6.07, 6.45) is 5.39. The van der Waals surface area contributed by atoms with Gasteiger partial charge in [-0.25, -0.2) is 0 Å². The van der Waals surface area contributed by atoms with Crippen LogP contribution in [-0.4, -0.2) is 22.9 Å². The second kappa shape index (κ2) is 4.64. The van der Waals surface area contributed by atoms with Gasteiger partial charge in [0.25, 0.3) is 0 Å². The molecule has 0 aromatic rings. The highest BCUT2D eigenvalue weighted by atomic mass is 16.3. The number of aliphatic hydroxyl groups is 2. The number of fused-ring (bicyclic) bond motifs is 1. The Morgan fingerprint density at radius 1 is 1.28 bits per heavy atom. The molecule has 2 nitrogen and oxygen atoms in total. The third-order valence-corrected chi connectivity index (χ3v) is 5.90. The van der Waals surface area contributed by atoms with Crippen molar-refractivity contribution in [1.82, 2.24) is 0 Å². The first kappa shape index (κ1) is 14.1. The van der Waals surface area contributed by atoms with Crippen LogP contribution < -0.4 is 0 Å². The fraction of sp³-hybridized carbons (Fsp3) is 0.875. The van der Waals surface area contributed by atoms with Gasteiger partial charge in [0.2, 0.25) is 0 Å². The molecule has 0 radical (unpaired) electrons. The van der Waals surface area contributed by atoms with Gasteiger partial charge in [-0.15, -0.1) is 0 Å². The molecule has 4 atom stereocenters. The van der Waals surface area contributed by atoms with E-state index in [0.29, 0.717) is 0 Å². The minimum Gasteiger partial charge on any atom is -0.396 e. The molecular weight excluding hydrogens is 224 g/mol. The first-order valence-corrected chi connectivity index (χ1v) is 7.34. The molecule has 104 valence electrons. The maximum absolute atomic E-state index is 10.9. The lowest BCUT2D eigenvalue weighted by molar-refractivity contribution is -0.0497. The molecule has 1 saturated carbocycles. The molecule has 2 aliphatic rings. The van der Waals surface area contributed by atoms with Gasteiger partial charge in [-0.2, -0.15) is 0 Å². The minimum atomic E-state index is -0.376. The van der Waals surface area contributed by atoms with Crippen molar-refractivity contribution in [2.75, 3.05) is 6.61 Å². The number of rotatable bonds is 2. The summed E-state index contributed by atoms with van der Waals surface area (Å²) in [5.41, 5.74) is 2.73. The number of aliphatic hydroxyl groups excluding tert-OH is 2. The fourth-order valence-electron chi connectivity index (χ4n) is 4.09. The Kier molecular flexibility index (Phi) is 3.63. The van der Waals surface area contributed by atoms with Gasteiger partial charge < -0.3 is 10.2 Å². The van der Waals surface area contributed by atoms with Crippen molar-refractivity contribution >= 4 is 0 Å². The smallest absolute Gasteiger partial charge is 0.0814 e. The molecule has 0 heterocycles. The van der Waals surface area contributed by atoms with E-state index in [9.17, 15) is 10.2 Å². The third-order valence-electron chi connectivity index (χ3n) is 5.90. The summed E-state index contributed by atoms with van der Waals surface area (Å²) >= 11 is 0. The van der Waals surface area contributed by atoms with Crippen LogP contribution in [0, 0.1) is 16.7 Å². The molecule has 2 aliphatic carbocycles. The maximum Gasteiger partial charge on any atom is 0.0814 e. The maximum atomic E-state index is 10.9. The summed E-state index contributed by atoms with van der Waals surface area (Å²) in [4.78, 5) is 0. The largest absolute Gasteiger partial charge is 0.396 e. The second-order valence-electron chi connectivity index (χ2n) is 7.10. The number of hydrogen-bond donors (Lipinski definition) is 2. The fourth-order valence-corrected chi connectivity index (χ4v) is 4.09. The topological polar surface area (TPSA) is 40.5 Å². The number of hydrogen-bond acceptors (Lipinski definition) is 2. The zero-order valence-electron chi connectivity index (χ0n) is 12.3. The van der Waals surface area contributed by atoms with E-state index < -0.39 is 0 Å². The average molecular weight is 252 g/mol. The molecule has 1 unspecified atom stereocenters. The van der Waals surface area contributed by atoms with E-state index in [1.165, 1.54) is 24.0 Å². The molecule has 18 heavy (non-hydrogen) atoms. The van der Waals surface area contributed by atoms with Crippen LogP contribution >= 0.6 is 0 Å². The SMILES string of the molecule is CC1=C2[C@H](O)C(C)([C@@H](C)CO)CC[C@@]2(C)CCC1. The molecule has 2 rings (SSSR count). The molecule has 0 aromatic heterocycles. The quantitative estimate of drug-likeness (QED) is 0.740. The zero-order chi connectivity index (χ0) is 13.6. The molecule has 2 heteroatoms. The molecule has 1 fully saturated rings. The Hall–Kier alpha value is -0.340. The Labute approximate surface area is 111 Å². The van der Waals surface area contributed by atoms with E-state index in [4.69, 9.17) is 0 Å². The monoisotopic (exact) mass is 252 g/mol. The second-order valence-corrected chi connectivity index (χ2v) is 7.10. The van der Waals surface area contributed by atoms with E-state index in [0.717, 1.165) is 19.3 Å². The van der Waals surface area contributed by atoms with Crippen molar-refractivity contribution in [3.05, 3.63) is 11.1 Å². The van der Waals surface area contributed by atoms with Gasteiger partial charge in [0.15, 0.2) is 0 Å². The Bertz CT molecular complexity index is 360. The van der Waals surface area contributed by atoms with Gasteiger partial charge in [0.05, 0.1) is 6.10 Å². The molecule has 2 N–H and O–H groups in total. The highest BCUT2D eigenvalue weighted by Crippen LogP contribution is 2.56. The van der Waals surface area contributed by atoms with Crippen LogP contribution in [-0.2, 0) is 0 Å². The van der Waals surface area contributed by atoms with Crippen molar-refractivity contribution in [2.24, 2.45) is 16.7 Å². The van der Waals surface area contributed by atoms with E-state index in [1.807, 2.05) is 0 Å². The Morgan fingerprint density at radius 2 is 1.94 bits per heavy atom. The average Bonchev–Trinajstić information content (AvgIpc) is 2.33. The predicted octanol–water partition coefficient (Wildman–Crippen LogP) is 3.28. The lowest BCUT2D eigenvalue weighted by atomic mass is 9.53. The molecule has 0 amide bonds. The van der Waals surface area contributed by atoms with Gasteiger partial charge in [0, 0.05) is 12.0 Å². The van der Waals surface area contributed by atoms with E-state index in [1.54, 1.807) is 0 Å². The van der Waals surface area contributed by atoms with Crippen molar-refractivity contribution in [3.8, 4) is 0 Å². The van der Waals surface area contributed by atoms with Gasteiger partial charge in [-0.3, -0.25) is 0 Å². The van der Waals surface area contributed by atoms with Crippen molar-refractivity contribution in [1.29, 1.82) is 0 Å². The highest BCUT2D eigenvalue weighted by Gasteiger charge is 2.51. The first-order valence-electron chi connectivity index (χ1n) is 7.34. The van der Waals surface area contributed by atoms with Crippen LogP contribution in [0.1, 0.15) is 59.8 Å². The summed E-state index contributed by atoms with van der Waals surface area (Å²) < 4.78 is 0. The van der Waals surface area contributed by atoms with Gasteiger partial charge in [-0.1, -0.05) is 26.3 Å². The Balaban J connectivity index is 2.40. The van der Waals surface area contributed by atoms with Crippen LogP contribution in [0.4, 0.5) is 0 Å². The van der Waals surface area contributed by atoms with Crippen molar-refractivity contribution in [3.63, 3.8) is 0 Å². The normalized spacial score (nSPS) is 42.7. The summed E-state index contributed by atoms with van der Waals surface area (Å²) in [7, 11) is 0. The van der Waals surface area contributed by atoms with Crippen molar-refractivity contribution < 1.29 is 10.2 Å². The molecular formula is C16H28O2. The molecule has 0 aliphatic heterocycles. The van der Waals surface area contributed by atoms with Crippen LogP contribution in [0.15, 0.2) is 11.1 Å². The van der Waals surface area contributed by atoms with Gasteiger partial charge in [-0.05, 0) is 55.9 Å². The number of allylic oxidation sites excluding steroid dienone is 1. The van der Waals surface area contributed by atoms with E-state index in [-0.39, 0.29) is 29.5 Å². The molecule has 0 bridgehead atoms. The minimum absolute atomic E-state index is 0.152. The predicted molar refractivity (Wildman–Crippen MR) is 74.3 cm³/mol. The lowest BCUT2D eigenvalue weighted by Gasteiger charge is -2.53. The Morgan fingerprint density at radius 3 is 2.56 bits per heavy atom. The van der Waals surface area contributed by atoms with Crippen molar-refractivity contribution in [2.45, 2.75) is 65.9 Å².